The highest BCUT2D eigenvalue weighted by Crippen LogP contribution is 2.46. The number of hydrogen-bond acceptors (Lipinski definition) is 32. The number of azo groups is 4. The number of carbonyl (C=O) groups is 1. The maximum Gasteiger partial charge on any atom is 0.373 e. The van der Waals surface area contributed by atoms with Gasteiger partial charge in [0.15, 0.2) is 0 Å². The predicted molar refractivity (Wildman–Crippen MR) is 423 cm³/mol. The zero-order valence-electron chi connectivity index (χ0n) is 57.0. The van der Waals surface area contributed by atoms with Gasteiger partial charge in [-0.15, -0.1) is 86.3 Å². The number of thiophene rings is 4. The molecule has 8 heterocycles. The molecule has 7 N–H and O–H groups in total. The van der Waals surface area contributed by atoms with E-state index in [-0.39, 0.29) is 39.2 Å². The highest BCUT2D eigenvalue weighted by Gasteiger charge is 2.20. The number of hydrogen-bond donors (Lipinski definition) is 5. The lowest BCUT2D eigenvalue weighted by Gasteiger charge is -2.14. The molecular weight excluding hydrogens is 1540 g/mol. The molecule has 0 saturated carbocycles. The summed E-state index contributed by atoms with van der Waals surface area (Å²) in [6, 6.07) is 44.4. The Morgan fingerprint density at radius 3 is 1.47 bits per heavy atom. The molecule has 0 aliphatic rings. The third kappa shape index (κ3) is 17.3. The van der Waals surface area contributed by atoms with Crippen LogP contribution in [0.4, 0.5) is 49.7 Å². The van der Waals surface area contributed by atoms with E-state index >= 15 is 0 Å². The van der Waals surface area contributed by atoms with Crippen LogP contribution < -0.4 is 15.2 Å². The SMILES string of the molecule is CCOC(=O)c1cc2c(N(C)C)ccc(N=Nc3nc4ccccc4s3)c2s1.CCc1cc(O)c2cc(C)sc2c1N=Nc1nc2ccc(S(N)(=O)=O)cc2s1.Cc1cc2c(O)ccc(N=Nc3nc4ccc(S(N)(=O)=O)cc4s3)c2s1.Cc1cc2c(O)ccc(N=Nc3onc4ccccc34)c2s1.O=C=O. The average molecular weight is 1600 g/mol. The molecule has 8 aromatic heterocycles. The first-order valence-corrected chi connectivity index (χ1v) is 40.4. The Hall–Kier alpha value is -11.0. The predicted octanol–water partition coefficient (Wildman–Crippen LogP) is 20.8. The number of rotatable bonds is 14. The number of esters is 1. The van der Waals surface area contributed by atoms with Crippen LogP contribution in [0, 0.1) is 20.8 Å². The first-order valence-electron chi connectivity index (χ1n) is 31.6. The Kier molecular flexibility index (Phi) is 22.9. The number of aromatic nitrogens is 4. The number of thiazole rings is 3. The second kappa shape index (κ2) is 32.4. The molecule has 0 saturated heterocycles. The van der Waals surface area contributed by atoms with E-state index in [1.165, 1.54) is 80.9 Å². The van der Waals surface area contributed by atoms with Crippen molar-refractivity contribution in [1.82, 2.24) is 20.1 Å². The molecule has 0 unspecified atom stereocenters. The van der Waals surface area contributed by atoms with Gasteiger partial charge in [-0.3, -0.25) is 0 Å². The number of nitrogens with zero attached hydrogens (tertiary/aromatic N) is 13. The van der Waals surface area contributed by atoms with E-state index in [4.69, 9.17) is 29.1 Å². The van der Waals surface area contributed by atoms with E-state index < -0.39 is 20.0 Å². The molecule has 0 atom stereocenters. The van der Waals surface area contributed by atoms with E-state index in [1.54, 1.807) is 72.1 Å². The van der Waals surface area contributed by atoms with Crippen LogP contribution in [0.2, 0.25) is 0 Å². The van der Waals surface area contributed by atoms with Crippen LogP contribution in [0.5, 0.6) is 17.2 Å². The van der Waals surface area contributed by atoms with Gasteiger partial charge in [-0.1, -0.05) is 70.4 Å². The number of sulfonamides is 2. The largest absolute Gasteiger partial charge is 0.507 e. The summed E-state index contributed by atoms with van der Waals surface area (Å²) in [5.41, 5.74) is 7.60. The van der Waals surface area contributed by atoms with Gasteiger partial charge < -0.3 is 29.5 Å². The number of ether oxygens (including phenoxy) is 1. The van der Waals surface area contributed by atoms with Crippen molar-refractivity contribution in [3.63, 3.8) is 0 Å². The summed E-state index contributed by atoms with van der Waals surface area (Å²) in [6.45, 7) is 10.1. The minimum absolute atomic E-state index is 0.0337. The molecule has 0 aliphatic carbocycles. The van der Waals surface area contributed by atoms with Gasteiger partial charge in [-0.2, -0.15) is 9.59 Å². The first kappa shape index (κ1) is 75.7. The Balaban J connectivity index is 0.000000132. The van der Waals surface area contributed by atoms with E-state index in [0.717, 1.165) is 93.0 Å². The number of carbonyl (C=O) groups excluding carboxylic acids is 3. The fourth-order valence-electron chi connectivity index (χ4n) is 10.6. The molecule has 0 fully saturated rings. The number of nitrogens with two attached hydrogens (primary N) is 2. The summed E-state index contributed by atoms with van der Waals surface area (Å²) < 4.78 is 62.3. The summed E-state index contributed by atoms with van der Waals surface area (Å²) in [5, 5.41) is 84.2. The molecule has 0 amide bonds. The molecule has 0 spiro atoms. The Morgan fingerprint density at radius 2 is 0.953 bits per heavy atom. The maximum atomic E-state index is 12.2. The molecule has 8 aromatic carbocycles. The molecule has 107 heavy (non-hydrogen) atoms. The topological polar surface area (TPSA) is 408 Å². The van der Waals surface area contributed by atoms with Crippen molar-refractivity contribution in [2.24, 2.45) is 51.2 Å². The van der Waals surface area contributed by atoms with E-state index in [0.29, 0.717) is 76.7 Å². The average Bonchev–Trinajstić information content (AvgIpc) is 1.67. The first-order chi connectivity index (χ1) is 51.3. The lowest BCUT2D eigenvalue weighted by Crippen LogP contribution is -2.11. The zero-order valence-corrected chi connectivity index (χ0v) is 64.4. The van der Waals surface area contributed by atoms with Crippen LogP contribution in [0.3, 0.4) is 0 Å². The third-order valence-electron chi connectivity index (χ3n) is 15.4. The Bertz CT molecular complexity index is 6470. The summed E-state index contributed by atoms with van der Waals surface area (Å²) in [5.74, 6) is 0.764. The highest BCUT2D eigenvalue weighted by atomic mass is 32.2. The van der Waals surface area contributed by atoms with Gasteiger partial charge in [0.05, 0.1) is 71.2 Å². The number of primary sulfonamides is 2. The van der Waals surface area contributed by atoms with Gasteiger partial charge in [0.25, 0.3) is 5.88 Å². The molecule has 0 aliphatic heterocycles. The fourth-order valence-corrected chi connectivity index (χ4v) is 18.3. The van der Waals surface area contributed by atoms with Crippen molar-refractivity contribution >= 4 is 243 Å². The summed E-state index contributed by atoms with van der Waals surface area (Å²) in [4.78, 5) is 47.5. The summed E-state index contributed by atoms with van der Waals surface area (Å²) in [6.07, 6.45) is 0.951. The minimum atomic E-state index is -3.77. The fraction of sp³-hybridized carbons (Fsp3) is 0.127. The van der Waals surface area contributed by atoms with Crippen molar-refractivity contribution in [3.8, 4) is 17.2 Å². The second-order valence-corrected chi connectivity index (χ2v) is 34.0. The molecule has 16 rings (SSSR count). The summed E-state index contributed by atoms with van der Waals surface area (Å²) in [7, 11) is -3.59. The van der Waals surface area contributed by atoms with Gasteiger partial charge in [-0.25, -0.2) is 46.9 Å². The van der Waals surface area contributed by atoms with Gasteiger partial charge in [0.1, 0.15) is 50.4 Å². The van der Waals surface area contributed by atoms with Crippen molar-refractivity contribution in [2.75, 3.05) is 25.6 Å². The van der Waals surface area contributed by atoms with Crippen LogP contribution in [0.25, 0.3) is 81.9 Å². The smallest absolute Gasteiger partial charge is 0.373 e. The van der Waals surface area contributed by atoms with Gasteiger partial charge in [-0.05, 0) is 167 Å². The van der Waals surface area contributed by atoms with Gasteiger partial charge in [0.2, 0.25) is 35.4 Å². The monoisotopic (exact) mass is 1600 g/mol. The maximum absolute atomic E-state index is 12.2. The van der Waals surface area contributed by atoms with Crippen molar-refractivity contribution in [3.05, 3.63) is 177 Å². The normalized spacial score (nSPS) is 11.9. The van der Waals surface area contributed by atoms with Crippen molar-refractivity contribution in [2.45, 2.75) is 50.8 Å². The molecular formula is C71H57N15O12S9. The van der Waals surface area contributed by atoms with Crippen molar-refractivity contribution in [1.29, 1.82) is 0 Å². The number of aryl methyl sites for hydroxylation is 4. The van der Waals surface area contributed by atoms with E-state index in [9.17, 15) is 36.9 Å². The third-order valence-corrected chi connectivity index (χ3v) is 24.3. The van der Waals surface area contributed by atoms with Crippen molar-refractivity contribution < 1.29 is 55.8 Å². The molecule has 36 heteroatoms. The van der Waals surface area contributed by atoms with Crippen LogP contribution in [0.1, 0.15) is 43.7 Å². The lowest BCUT2D eigenvalue weighted by molar-refractivity contribution is -0.191. The van der Waals surface area contributed by atoms with Gasteiger partial charge >= 0.3 is 12.1 Å². The zero-order chi connectivity index (χ0) is 76.0. The van der Waals surface area contributed by atoms with Crippen LogP contribution in [-0.2, 0) is 40.8 Å². The number of aromatic hydroxyl groups is 3. The molecule has 0 radical (unpaired) electrons. The number of benzene rings is 8. The van der Waals surface area contributed by atoms with Crippen LogP contribution in [-0.4, -0.2) is 85.1 Å². The second-order valence-electron chi connectivity index (χ2n) is 23.0. The Labute approximate surface area is 635 Å². The minimum Gasteiger partial charge on any atom is -0.507 e. The van der Waals surface area contributed by atoms with E-state index in [2.05, 4.69) is 61.0 Å². The summed E-state index contributed by atoms with van der Waals surface area (Å²) >= 11 is 9.98. The number of fused-ring (bicyclic) bond motifs is 8. The highest BCUT2D eigenvalue weighted by molar-refractivity contribution is 7.89. The number of para-hydroxylation sites is 1. The molecule has 0 bridgehead atoms. The lowest BCUT2D eigenvalue weighted by atomic mass is 10.1. The number of anilines is 1. The van der Waals surface area contributed by atoms with Crippen LogP contribution >= 0.6 is 79.4 Å². The molecule has 16 aromatic rings. The number of phenolic OH excluding ortho intramolecular Hbond substituents is 3. The molecule has 27 nitrogen and oxygen atoms in total. The Morgan fingerprint density at radius 1 is 0.495 bits per heavy atom. The van der Waals surface area contributed by atoms with Gasteiger partial charge in [0, 0.05) is 56.0 Å². The quantitative estimate of drug-likeness (QED) is 0.0498. The van der Waals surface area contributed by atoms with E-state index in [1.807, 2.05) is 132 Å². The number of phenols is 3. The molecule has 542 valence electrons. The standard InChI is InChI=1S/C20H18N4O2S2.C18H16N4O3S3.C16H12N4O3S3.C16H11N3O2S.CO2/c1-4-26-19(25)17-11-12-15(24(2)3)10-9-14(18(12)27-17)22-23-20-21-13-7-5-6-8-16(13)28-20;1-3-10-7-14(23)12-6-9(2)26-17(12)16(10)21-22-18-20-13-5-4-11(28(19,24)25)8-15(13)27-18;1-8-6-10-13(21)5-4-12(15(10)24-8)19-20-16-18-11-3-2-9(26(17,22)23)7-14(11)25-16;1-9-8-11-14(20)7-6-13(15(11)22-9)17-18-16-10-4-2-3-5-12(10)19-21-16;2-1-3/h5-11H,4H2,1-3H3;4-8,23H,3H2,1-2H3,(H2,19,24,25);2-7,21H,1H3,(H2,17,22,23);2-8,20H,1H3;. The van der Waals surface area contributed by atoms with Crippen LogP contribution in [0.15, 0.2) is 207 Å².